The van der Waals surface area contributed by atoms with Crippen molar-refractivity contribution in [3.8, 4) is 0 Å². The quantitative estimate of drug-likeness (QED) is 0.539. The van der Waals surface area contributed by atoms with Gasteiger partial charge in [-0.05, 0) is 86.9 Å². The van der Waals surface area contributed by atoms with Gasteiger partial charge in [0.05, 0.1) is 0 Å². The molecule has 0 aromatic rings. The number of ketones is 1. The first-order valence-electron chi connectivity index (χ1n) is 9.67. The molecule has 4 rings (SSSR count). The van der Waals surface area contributed by atoms with Crippen molar-refractivity contribution in [3.63, 3.8) is 0 Å². The van der Waals surface area contributed by atoms with Gasteiger partial charge in [-0.25, -0.2) is 0 Å². The number of rotatable bonds is 1. The van der Waals surface area contributed by atoms with Crippen LogP contribution in [0.1, 0.15) is 78.6 Å². The summed E-state index contributed by atoms with van der Waals surface area (Å²) < 4.78 is 0. The highest BCUT2D eigenvalue weighted by Crippen LogP contribution is 2.66. The molecule has 1 nitrogen and oxygen atoms in total. The Morgan fingerprint density at radius 2 is 1.87 bits per heavy atom. The van der Waals surface area contributed by atoms with Gasteiger partial charge in [-0.2, -0.15) is 0 Å². The summed E-state index contributed by atoms with van der Waals surface area (Å²) in [5.74, 6) is 3.37. The molecule has 6 atom stereocenters. The minimum atomic E-state index is 0. The molecule has 0 N–H and O–H groups in total. The number of carbonyl (C=O) groups is 1. The lowest BCUT2D eigenvalue weighted by atomic mass is 9.47. The molecular weight excluding hydrogens is 304 g/mol. The van der Waals surface area contributed by atoms with Gasteiger partial charge < -0.3 is 0 Å². The Kier molecular flexibility index (Phi) is 4.49. The molecular formula is C21H33ClO. The van der Waals surface area contributed by atoms with E-state index in [9.17, 15) is 4.79 Å². The third-order valence-electron chi connectivity index (χ3n) is 8.51. The van der Waals surface area contributed by atoms with Crippen LogP contribution in [0.25, 0.3) is 0 Å². The summed E-state index contributed by atoms with van der Waals surface area (Å²) in [7, 11) is 0. The van der Waals surface area contributed by atoms with Gasteiger partial charge in [-0.15, -0.1) is 12.4 Å². The molecule has 0 unspecified atom stereocenters. The standard InChI is InChI=1S/C21H32O.ClH/c1-14(22)17-9-10-18-16-8-7-15-6-4-5-12-20(15,2)19(16)11-13-21(17,18)3;/h7,16-19H,4-6,8-13H2,1-3H3;1H/t16-,17+,18-,19-,20-,21+;/m0./s1. The van der Waals surface area contributed by atoms with Crippen LogP contribution in [0, 0.1) is 34.5 Å². The fraction of sp³-hybridized carbons (Fsp3) is 0.857. The summed E-state index contributed by atoms with van der Waals surface area (Å²) in [5.41, 5.74) is 2.60. The minimum Gasteiger partial charge on any atom is -0.300 e. The molecule has 0 spiro atoms. The van der Waals surface area contributed by atoms with E-state index in [1.165, 1.54) is 51.4 Å². The van der Waals surface area contributed by atoms with E-state index >= 15 is 0 Å². The van der Waals surface area contributed by atoms with Crippen LogP contribution in [0.3, 0.4) is 0 Å². The summed E-state index contributed by atoms with van der Waals surface area (Å²) in [6, 6.07) is 0. The van der Waals surface area contributed by atoms with Gasteiger partial charge in [-0.1, -0.05) is 31.9 Å². The summed E-state index contributed by atoms with van der Waals surface area (Å²) in [6.45, 7) is 6.87. The zero-order valence-electron chi connectivity index (χ0n) is 15.1. The van der Waals surface area contributed by atoms with Crippen LogP contribution in [-0.2, 0) is 4.79 Å². The van der Waals surface area contributed by atoms with Gasteiger partial charge in [0, 0.05) is 5.92 Å². The molecule has 130 valence electrons. The molecule has 4 aliphatic rings. The summed E-state index contributed by atoms with van der Waals surface area (Å²) in [4.78, 5) is 12.1. The zero-order chi connectivity index (χ0) is 15.5. The predicted octanol–water partition coefficient (Wildman–Crippen LogP) is 5.97. The van der Waals surface area contributed by atoms with E-state index in [4.69, 9.17) is 0 Å². The smallest absolute Gasteiger partial charge is 0.133 e. The van der Waals surface area contributed by atoms with Crippen molar-refractivity contribution in [2.24, 2.45) is 34.5 Å². The van der Waals surface area contributed by atoms with Gasteiger partial charge in [0.1, 0.15) is 5.78 Å². The van der Waals surface area contributed by atoms with Crippen LogP contribution in [0.15, 0.2) is 11.6 Å². The fourth-order valence-electron chi connectivity index (χ4n) is 7.37. The highest BCUT2D eigenvalue weighted by Gasteiger charge is 2.58. The summed E-state index contributed by atoms with van der Waals surface area (Å²) in [5, 5.41) is 0. The van der Waals surface area contributed by atoms with E-state index in [0.717, 1.165) is 24.2 Å². The topological polar surface area (TPSA) is 17.1 Å². The van der Waals surface area contributed by atoms with Crippen molar-refractivity contribution in [3.05, 3.63) is 11.6 Å². The van der Waals surface area contributed by atoms with E-state index in [0.29, 0.717) is 22.5 Å². The average molecular weight is 337 g/mol. The SMILES string of the molecule is CC(=O)[C@H]1CC[C@H]2[C@@H]3CC=C4CCCC[C@]4(C)[C@H]3CC[C@]12C.Cl. The minimum absolute atomic E-state index is 0. The highest BCUT2D eigenvalue weighted by atomic mass is 35.5. The normalized spacial score (nSPS) is 48.4. The van der Waals surface area contributed by atoms with Gasteiger partial charge in [0.15, 0.2) is 0 Å². The van der Waals surface area contributed by atoms with Crippen LogP contribution >= 0.6 is 12.4 Å². The Labute approximate surface area is 148 Å². The Hall–Kier alpha value is -0.300. The number of hydrogen-bond acceptors (Lipinski definition) is 1. The number of Topliss-reactive ketones (excluding diaryl/α,β-unsaturated/α-hetero) is 1. The monoisotopic (exact) mass is 336 g/mol. The van der Waals surface area contributed by atoms with Crippen molar-refractivity contribution in [1.29, 1.82) is 0 Å². The number of halogens is 1. The third kappa shape index (κ3) is 2.36. The van der Waals surface area contributed by atoms with Crippen molar-refractivity contribution < 1.29 is 4.79 Å². The molecule has 0 bridgehead atoms. The molecule has 3 saturated carbocycles. The lowest BCUT2D eigenvalue weighted by Crippen LogP contribution is -2.50. The maximum atomic E-state index is 12.1. The zero-order valence-corrected chi connectivity index (χ0v) is 15.9. The molecule has 23 heavy (non-hydrogen) atoms. The number of hydrogen-bond donors (Lipinski definition) is 0. The molecule has 0 saturated heterocycles. The van der Waals surface area contributed by atoms with E-state index in [2.05, 4.69) is 19.9 Å². The van der Waals surface area contributed by atoms with E-state index < -0.39 is 0 Å². The third-order valence-corrected chi connectivity index (χ3v) is 8.51. The summed E-state index contributed by atoms with van der Waals surface area (Å²) >= 11 is 0. The molecule has 2 heteroatoms. The molecule has 0 aromatic carbocycles. The van der Waals surface area contributed by atoms with Gasteiger partial charge in [-0.3, -0.25) is 4.79 Å². The number of carbonyl (C=O) groups excluding carboxylic acids is 1. The lowest BCUT2D eigenvalue weighted by molar-refractivity contribution is -0.127. The van der Waals surface area contributed by atoms with E-state index in [-0.39, 0.29) is 12.4 Å². The molecule has 3 fully saturated rings. The second kappa shape index (κ2) is 5.90. The fourth-order valence-corrected chi connectivity index (χ4v) is 7.37. The van der Waals surface area contributed by atoms with Crippen molar-refractivity contribution in [2.45, 2.75) is 78.6 Å². The summed E-state index contributed by atoms with van der Waals surface area (Å²) in [6.07, 6.45) is 14.7. The molecule has 0 heterocycles. The van der Waals surface area contributed by atoms with Crippen molar-refractivity contribution in [2.75, 3.05) is 0 Å². The van der Waals surface area contributed by atoms with Gasteiger partial charge in [0.2, 0.25) is 0 Å². The first-order valence-corrected chi connectivity index (χ1v) is 9.67. The maximum Gasteiger partial charge on any atom is 0.133 e. The molecule has 0 amide bonds. The van der Waals surface area contributed by atoms with E-state index in [1.807, 2.05) is 6.92 Å². The van der Waals surface area contributed by atoms with Gasteiger partial charge in [0.25, 0.3) is 0 Å². The van der Waals surface area contributed by atoms with Crippen LogP contribution in [0.4, 0.5) is 0 Å². The Morgan fingerprint density at radius 1 is 1.09 bits per heavy atom. The molecule has 4 aliphatic carbocycles. The van der Waals surface area contributed by atoms with Crippen LogP contribution in [0.5, 0.6) is 0 Å². The Bertz CT molecular complexity index is 524. The van der Waals surface area contributed by atoms with Crippen LogP contribution in [0.2, 0.25) is 0 Å². The number of allylic oxidation sites excluding steroid dienone is 2. The van der Waals surface area contributed by atoms with Gasteiger partial charge >= 0.3 is 0 Å². The second-order valence-corrected chi connectivity index (χ2v) is 9.25. The molecule has 0 aliphatic heterocycles. The second-order valence-electron chi connectivity index (χ2n) is 9.25. The molecule has 0 radical (unpaired) electrons. The first kappa shape index (κ1) is 17.5. The largest absolute Gasteiger partial charge is 0.300 e. The van der Waals surface area contributed by atoms with Crippen molar-refractivity contribution >= 4 is 18.2 Å². The Morgan fingerprint density at radius 3 is 2.61 bits per heavy atom. The predicted molar refractivity (Wildman–Crippen MR) is 97.7 cm³/mol. The highest BCUT2D eigenvalue weighted by molar-refractivity contribution is 5.85. The lowest BCUT2D eigenvalue weighted by Gasteiger charge is -2.57. The van der Waals surface area contributed by atoms with E-state index in [1.54, 1.807) is 5.57 Å². The first-order chi connectivity index (χ1) is 10.5. The number of fused-ring (bicyclic) bond motifs is 5. The average Bonchev–Trinajstić information content (AvgIpc) is 2.84. The van der Waals surface area contributed by atoms with Crippen LogP contribution in [-0.4, -0.2) is 5.78 Å². The van der Waals surface area contributed by atoms with Crippen LogP contribution < -0.4 is 0 Å². The maximum absolute atomic E-state index is 12.1. The van der Waals surface area contributed by atoms with Crippen molar-refractivity contribution in [1.82, 2.24) is 0 Å². The Balaban J connectivity index is 0.00000156. The molecule has 0 aromatic heterocycles.